The molecule has 1 N–H and O–H groups in total. The number of hydrogen-bond donors (Lipinski definition) is 1. The van der Waals surface area contributed by atoms with Gasteiger partial charge in [0, 0.05) is 24.6 Å². The first-order valence-corrected chi connectivity index (χ1v) is 11.6. The van der Waals surface area contributed by atoms with Gasteiger partial charge in [0.15, 0.2) is 11.5 Å². The second-order valence-corrected chi connectivity index (χ2v) is 9.26. The maximum atomic E-state index is 13.1. The molecule has 2 aromatic carbocycles. The number of nitrogens with zero attached hydrogens (tertiary/aromatic N) is 2. The fourth-order valence-corrected chi connectivity index (χ4v) is 5.02. The molecule has 0 radical (unpaired) electrons. The molecule has 0 atom stereocenters. The van der Waals surface area contributed by atoms with Crippen LogP contribution in [0, 0.1) is 11.7 Å². The average Bonchev–Trinajstić information content (AvgIpc) is 2.83. The van der Waals surface area contributed by atoms with E-state index in [-0.39, 0.29) is 29.8 Å². The molecule has 11 heteroatoms. The Hall–Kier alpha value is -3.18. The molecule has 1 aliphatic rings. The minimum Gasteiger partial charge on any atom is -0.493 e. The molecule has 0 saturated carbocycles. The molecule has 1 fully saturated rings. The number of amides is 1. The molecule has 1 heterocycles. The number of benzene rings is 2. The molecule has 2 aromatic rings. The van der Waals surface area contributed by atoms with E-state index in [1.54, 1.807) is 12.1 Å². The lowest BCUT2D eigenvalue weighted by atomic mass is 9.98. The predicted octanol–water partition coefficient (Wildman–Crippen LogP) is 2.40. The van der Waals surface area contributed by atoms with Gasteiger partial charge in [-0.15, -0.1) is 0 Å². The van der Waals surface area contributed by atoms with Gasteiger partial charge in [0.2, 0.25) is 21.7 Å². The monoisotopic (exact) mass is 479 g/mol. The van der Waals surface area contributed by atoms with Crippen LogP contribution < -0.4 is 19.6 Å². The maximum absolute atomic E-state index is 13.1. The van der Waals surface area contributed by atoms with Crippen LogP contribution >= 0.6 is 0 Å². The lowest BCUT2D eigenvalue weighted by molar-refractivity contribution is -0.126. The van der Waals surface area contributed by atoms with Gasteiger partial charge in [-0.1, -0.05) is 0 Å². The van der Waals surface area contributed by atoms with E-state index in [4.69, 9.17) is 14.2 Å². The Morgan fingerprint density at radius 3 is 2.15 bits per heavy atom. The van der Waals surface area contributed by atoms with Crippen LogP contribution in [0.1, 0.15) is 18.4 Å². The van der Waals surface area contributed by atoms with Crippen LogP contribution in [0.4, 0.5) is 4.39 Å². The Labute approximate surface area is 192 Å². The van der Waals surface area contributed by atoms with Crippen molar-refractivity contribution < 1.29 is 31.8 Å². The van der Waals surface area contributed by atoms with Crippen LogP contribution in [0.2, 0.25) is 0 Å². The van der Waals surface area contributed by atoms with Crippen molar-refractivity contribution in [2.24, 2.45) is 11.0 Å². The molecule has 0 aliphatic carbocycles. The average molecular weight is 480 g/mol. The van der Waals surface area contributed by atoms with Crippen molar-refractivity contribution in [2.75, 3.05) is 34.4 Å². The van der Waals surface area contributed by atoms with Crippen LogP contribution in [-0.4, -0.2) is 59.3 Å². The van der Waals surface area contributed by atoms with Gasteiger partial charge in [-0.25, -0.2) is 18.2 Å². The third kappa shape index (κ3) is 5.60. The largest absolute Gasteiger partial charge is 0.493 e. The Balaban J connectivity index is 1.58. The number of rotatable bonds is 8. The number of halogens is 1. The van der Waals surface area contributed by atoms with Gasteiger partial charge in [0.05, 0.1) is 32.4 Å². The van der Waals surface area contributed by atoms with Crippen LogP contribution in [0.25, 0.3) is 0 Å². The fraction of sp³-hybridized carbons (Fsp3) is 0.364. The van der Waals surface area contributed by atoms with Gasteiger partial charge in [0.1, 0.15) is 5.82 Å². The maximum Gasteiger partial charge on any atom is 0.243 e. The molecule has 1 saturated heterocycles. The molecule has 0 aromatic heterocycles. The van der Waals surface area contributed by atoms with E-state index in [1.165, 1.54) is 44.0 Å². The summed E-state index contributed by atoms with van der Waals surface area (Å²) in [5.41, 5.74) is 3.13. The highest BCUT2D eigenvalue weighted by Gasteiger charge is 2.32. The van der Waals surface area contributed by atoms with Crippen LogP contribution in [-0.2, 0) is 14.8 Å². The van der Waals surface area contributed by atoms with E-state index in [2.05, 4.69) is 10.5 Å². The Bertz CT molecular complexity index is 1090. The van der Waals surface area contributed by atoms with Crippen molar-refractivity contribution >= 4 is 22.1 Å². The molecule has 1 aliphatic heterocycles. The summed E-state index contributed by atoms with van der Waals surface area (Å²) in [6.07, 6.45) is 2.16. The number of ether oxygens (including phenoxy) is 3. The highest BCUT2D eigenvalue weighted by molar-refractivity contribution is 7.89. The smallest absolute Gasteiger partial charge is 0.243 e. The zero-order valence-electron chi connectivity index (χ0n) is 18.6. The van der Waals surface area contributed by atoms with Crippen molar-refractivity contribution in [2.45, 2.75) is 17.7 Å². The second-order valence-electron chi connectivity index (χ2n) is 7.33. The number of methoxy groups -OCH3 is 3. The third-order valence-electron chi connectivity index (χ3n) is 5.35. The van der Waals surface area contributed by atoms with Crippen LogP contribution in [0.3, 0.4) is 0 Å². The van der Waals surface area contributed by atoms with E-state index < -0.39 is 15.8 Å². The first kappa shape index (κ1) is 24.5. The van der Waals surface area contributed by atoms with Crippen molar-refractivity contribution in [3.63, 3.8) is 0 Å². The number of nitrogens with one attached hydrogen (secondary N) is 1. The SMILES string of the molecule is COc1cc(/C=N\NC(=O)C2CCN(S(=O)(=O)c3ccc(F)cc3)CC2)cc(OC)c1OC. The first-order chi connectivity index (χ1) is 15.8. The summed E-state index contributed by atoms with van der Waals surface area (Å²) in [4.78, 5) is 12.5. The summed E-state index contributed by atoms with van der Waals surface area (Å²) in [7, 11) is 0.781. The van der Waals surface area contributed by atoms with Gasteiger partial charge in [-0.2, -0.15) is 9.41 Å². The van der Waals surface area contributed by atoms with Gasteiger partial charge >= 0.3 is 0 Å². The quantitative estimate of drug-likeness (QED) is 0.460. The van der Waals surface area contributed by atoms with Gasteiger partial charge < -0.3 is 14.2 Å². The lowest BCUT2D eigenvalue weighted by Crippen LogP contribution is -2.42. The Morgan fingerprint density at radius 1 is 1.06 bits per heavy atom. The van der Waals surface area contributed by atoms with Crippen LogP contribution in [0.5, 0.6) is 17.2 Å². The fourth-order valence-electron chi connectivity index (χ4n) is 3.55. The molecule has 0 unspecified atom stereocenters. The predicted molar refractivity (Wildman–Crippen MR) is 120 cm³/mol. The van der Waals surface area contributed by atoms with Crippen molar-refractivity contribution in [3.8, 4) is 17.2 Å². The van der Waals surface area contributed by atoms with Crippen molar-refractivity contribution in [1.29, 1.82) is 0 Å². The number of sulfonamides is 1. The number of piperidine rings is 1. The Kier molecular flexibility index (Phi) is 7.88. The minimum absolute atomic E-state index is 0.0294. The third-order valence-corrected chi connectivity index (χ3v) is 7.26. The van der Waals surface area contributed by atoms with E-state index >= 15 is 0 Å². The van der Waals surface area contributed by atoms with E-state index in [0.717, 1.165) is 12.1 Å². The summed E-state index contributed by atoms with van der Waals surface area (Å²) in [6, 6.07) is 8.08. The summed E-state index contributed by atoms with van der Waals surface area (Å²) in [5, 5.41) is 4.00. The Morgan fingerprint density at radius 2 is 1.64 bits per heavy atom. The normalized spacial score (nSPS) is 15.4. The molecule has 9 nitrogen and oxygen atoms in total. The minimum atomic E-state index is -3.73. The molecule has 3 rings (SSSR count). The zero-order valence-corrected chi connectivity index (χ0v) is 19.4. The molecule has 33 heavy (non-hydrogen) atoms. The van der Waals surface area contributed by atoms with E-state index in [9.17, 15) is 17.6 Å². The molecule has 1 amide bonds. The van der Waals surface area contributed by atoms with E-state index in [0.29, 0.717) is 35.7 Å². The zero-order chi connectivity index (χ0) is 24.0. The van der Waals surface area contributed by atoms with Gasteiger partial charge in [-0.05, 0) is 49.2 Å². The standard InChI is InChI=1S/C22H26FN3O6S/c1-30-19-12-15(13-20(31-2)21(19)32-3)14-24-25-22(27)16-8-10-26(11-9-16)33(28,29)18-6-4-17(23)5-7-18/h4-7,12-14,16H,8-11H2,1-3H3,(H,25,27)/b24-14-. The van der Waals surface area contributed by atoms with E-state index in [1.807, 2.05) is 0 Å². The first-order valence-electron chi connectivity index (χ1n) is 10.2. The number of hydrazone groups is 1. The topological polar surface area (TPSA) is 107 Å². The molecule has 0 spiro atoms. The molecular formula is C22H26FN3O6S. The molecule has 0 bridgehead atoms. The summed E-state index contributed by atoms with van der Waals surface area (Å²) in [5.74, 6) is 0.193. The number of hydrogen-bond acceptors (Lipinski definition) is 7. The highest BCUT2D eigenvalue weighted by atomic mass is 32.2. The summed E-state index contributed by atoms with van der Waals surface area (Å²) >= 11 is 0. The molecular weight excluding hydrogens is 453 g/mol. The van der Waals surface area contributed by atoms with Gasteiger partial charge in [-0.3, -0.25) is 4.79 Å². The highest BCUT2D eigenvalue weighted by Crippen LogP contribution is 2.37. The summed E-state index contributed by atoms with van der Waals surface area (Å²) < 4.78 is 55.7. The second kappa shape index (κ2) is 10.6. The molecule has 178 valence electrons. The van der Waals surface area contributed by atoms with Crippen molar-refractivity contribution in [1.82, 2.24) is 9.73 Å². The van der Waals surface area contributed by atoms with Crippen LogP contribution in [0.15, 0.2) is 46.4 Å². The van der Waals surface area contributed by atoms with Gasteiger partial charge in [0.25, 0.3) is 0 Å². The van der Waals surface area contributed by atoms with Crippen molar-refractivity contribution in [3.05, 3.63) is 47.8 Å². The number of carbonyl (C=O) groups excluding carboxylic acids is 1. The number of carbonyl (C=O) groups is 1. The summed E-state index contributed by atoms with van der Waals surface area (Å²) in [6.45, 7) is 0.378. The lowest BCUT2D eigenvalue weighted by Gasteiger charge is -2.30.